The molecule has 1 heterocycles. The number of aryl methyl sites for hydroxylation is 2. The molecule has 4 nitrogen and oxygen atoms in total. The lowest BCUT2D eigenvalue weighted by Gasteiger charge is -1.99. The number of carboxylic acids is 1. The van der Waals surface area contributed by atoms with E-state index in [-0.39, 0.29) is 5.82 Å². The molecule has 0 fully saturated rings. The minimum absolute atomic E-state index is 0.119. The van der Waals surface area contributed by atoms with Crippen molar-refractivity contribution in [2.24, 2.45) is 0 Å². The Morgan fingerprint density at radius 1 is 1.58 bits per heavy atom. The predicted octanol–water partition coefficient (Wildman–Crippen LogP) is 1.05. The molecule has 4 heteroatoms. The monoisotopic (exact) mass is 166 g/mol. The number of rotatable bonds is 2. The molecule has 0 saturated carbocycles. The second-order valence-electron chi connectivity index (χ2n) is 2.48. The van der Waals surface area contributed by atoms with Crippen molar-refractivity contribution in [2.75, 3.05) is 0 Å². The Morgan fingerprint density at radius 2 is 2.25 bits per heavy atom. The predicted molar refractivity (Wildman–Crippen MR) is 43.1 cm³/mol. The molecule has 1 rings (SSSR count). The molecule has 0 aliphatic heterocycles. The summed E-state index contributed by atoms with van der Waals surface area (Å²) in [5.74, 6) is -1.19. The molecule has 0 amide bonds. The van der Waals surface area contributed by atoms with Gasteiger partial charge in [-0.2, -0.15) is 0 Å². The van der Waals surface area contributed by atoms with E-state index in [0.717, 1.165) is 12.1 Å². The maximum Gasteiger partial charge on any atom is 0.373 e. The molecule has 0 radical (unpaired) electrons. The molecule has 12 heavy (non-hydrogen) atoms. The average molecular weight is 166 g/mol. The Kier molecular flexibility index (Phi) is 2.38. The summed E-state index contributed by atoms with van der Waals surface area (Å²) in [7, 11) is 0. The Morgan fingerprint density at radius 3 is 2.75 bits per heavy atom. The van der Waals surface area contributed by atoms with Gasteiger partial charge in [0.2, 0.25) is 5.82 Å². The smallest absolute Gasteiger partial charge is 0.373 e. The van der Waals surface area contributed by atoms with Crippen LogP contribution in [0.3, 0.4) is 0 Å². The Hall–Kier alpha value is -1.45. The van der Waals surface area contributed by atoms with Crippen molar-refractivity contribution in [1.29, 1.82) is 0 Å². The largest absolute Gasteiger partial charge is 0.475 e. The van der Waals surface area contributed by atoms with Crippen LogP contribution in [0, 0.1) is 6.92 Å². The SMILES string of the molecule is CCc1cc(C)nc(C(=O)O)n1. The molecular weight excluding hydrogens is 156 g/mol. The van der Waals surface area contributed by atoms with Gasteiger partial charge in [0.05, 0.1) is 0 Å². The van der Waals surface area contributed by atoms with Gasteiger partial charge in [-0.05, 0) is 19.4 Å². The van der Waals surface area contributed by atoms with E-state index in [1.807, 2.05) is 6.92 Å². The summed E-state index contributed by atoms with van der Waals surface area (Å²) in [5.41, 5.74) is 1.46. The van der Waals surface area contributed by atoms with Gasteiger partial charge in [0, 0.05) is 11.4 Å². The van der Waals surface area contributed by atoms with E-state index in [1.54, 1.807) is 13.0 Å². The van der Waals surface area contributed by atoms with E-state index < -0.39 is 5.97 Å². The maximum atomic E-state index is 10.5. The zero-order chi connectivity index (χ0) is 9.14. The first-order valence-electron chi connectivity index (χ1n) is 3.71. The first-order valence-corrected chi connectivity index (χ1v) is 3.71. The van der Waals surface area contributed by atoms with Crippen molar-refractivity contribution in [3.63, 3.8) is 0 Å². The Balaban J connectivity index is 3.15. The molecule has 1 aromatic heterocycles. The van der Waals surface area contributed by atoms with Crippen LogP contribution < -0.4 is 0 Å². The van der Waals surface area contributed by atoms with Crippen molar-refractivity contribution >= 4 is 5.97 Å². The first-order chi connectivity index (χ1) is 5.63. The van der Waals surface area contributed by atoms with Crippen molar-refractivity contribution in [3.8, 4) is 0 Å². The van der Waals surface area contributed by atoms with Crippen LogP contribution in [0.25, 0.3) is 0 Å². The van der Waals surface area contributed by atoms with Gasteiger partial charge in [0.15, 0.2) is 0 Å². The fourth-order valence-corrected chi connectivity index (χ4v) is 0.911. The number of carbonyl (C=O) groups is 1. The summed E-state index contributed by atoms with van der Waals surface area (Å²) in [6, 6.07) is 1.78. The summed E-state index contributed by atoms with van der Waals surface area (Å²) in [6.07, 6.45) is 0.726. The summed E-state index contributed by atoms with van der Waals surface area (Å²) in [5, 5.41) is 8.60. The second-order valence-corrected chi connectivity index (χ2v) is 2.48. The average Bonchev–Trinajstić information content (AvgIpc) is 2.03. The fraction of sp³-hybridized carbons (Fsp3) is 0.375. The Labute approximate surface area is 70.3 Å². The van der Waals surface area contributed by atoms with Gasteiger partial charge >= 0.3 is 5.97 Å². The normalized spacial score (nSPS) is 9.83. The number of aromatic nitrogens is 2. The molecule has 64 valence electrons. The summed E-state index contributed by atoms with van der Waals surface area (Å²) in [6.45, 7) is 3.68. The lowest BCUT2D eigenvalue weighted by Crippen LogP contribution is -2.07. The molecular formula is C8H10N2O2. The topological polar surface area (TPSA) is 63.1 Å². The molecule has 0 saturated heterocycles. The number of carboxylic acid groups (broad SMARTS) is 1. The molecule has 0 atom stereocenters. The molecule has 0 aliphatic carbocycles. The van der Waals surface area contributed by atoms with Gasteiger partial charge in [-0.25, -0.2) is 14.8 Å². The van der Waals surface area contributed by atoms with Gasteiger partial charge in [-0.3, -0.25) is 0 Å². The van der Waals surface area contributed by atoms with Crippen molar-refractivity contribution in [3.05, 3.63) is 23.3 Å². The van der Waals surface area contributed by atoms with E-state index in [0.29, 0.717) is 5.69 Å². The second kappa shape index (κ2) is 3.30. The highest BCUT2D eigenvalue weighted by Crippen LogP contribution is 2.00. The summed E-state index contributed by atoms with van der Waals surface area (Å²) in [4.78, 5) is 18.1. The number of aromatic carboxylic acids is 1. The van der Waals surface area contributed by atoms with Crippen LogP contribution in [0.5, 0.6) is 0 Å². The minimum Gasteiger partial charge on any atom is -0.475 e. The number of nitrogens with zero attached hydrogens (tertiary/aromatic N) is 2. The number of hydrogen-bond acceptors (Lipinski definition) is 3. The van der Waals surface area contributed by atoms with Gasteiger partial charge in [0.1, 0.15) is 0 Å². The van der Waals surface area contributed by atoms with E-state index in [1.165, 1.54) is 0 Å². The lowest BCUT2D eigenvalue weighted by atomic mass is 10.3. The zero-order valence-electron chi connectivity index (χ0n) is 7.03. The van der Waals surface area contributed by atoms with Crippen molar-refractivity contribution in [1.82, 2.24) is 9.97 Å². The van der Waals surface area contributed by atoms with Crippen molar-refractivity contribution < 1.29 is 9.90 Å². The lowest BCUT2D eigenvalue weighted by molar-refractivity contribution is 0.0683. The summed E-state index contributed by atoms with van der Waals surface area (Å²) >= 11 is 0. The highest BCUT2D eigenvalue weighted by molar-refractivity contribution is 5.83. The molecule has 0 aromatic carbocycles. The summed E-state index contributed by atoms with van der Waals surface area (Å²) < 4.78 is 0. The maximum absolute atomic E-state index is 10.5. The third-order valence-electron chi connectivity index (χ3n) is 1.46. The molecule has 0 unspecified atom stereocenters. The van der Waals surface area contributed by atoms with Crippen LogP contribution in [0.15, 0.2) is 6.07 Å². The standard InChI is InChI=1S/C8H10N2O2/c1-3-6-4-5(2)9-7(10-6)8(11)12/h4H,3H2,1-2H3,(H,11,12). The van der Waals surface area contributed by atoms with Crippen LogP contribution in [0.1, 0.15) is 28.9 Å². The zero-order valence-corrected chi connectivity index (χ0v) is 7.03. The molecule has 0 spiro atoms. The van der Waals surface area contributed by atoms with Crippen LogP contribution in [0.2, 0.25) is 0 Å². The van der Waals surface area contributed by atoms with E-state index in [2.05, 4.69) is 9.97 Å². The third-order valence-corrected chi connectivity index (χ3v) is 1.46. The van der Waals surface area contributed by atoms with E-state index in [4.69, 9.17) is 5.11 Å². The molecule has 0 bridgehead atoms. The van der Waals surface area contributed by atoms with Gasteiger partial charge in [-0.15, -0.1) is 0 Å². The molecule has 1 aromatic rings. The first kappa shape index (κ1) is 8.64. The minimum atomic E-state index is -1.08. The molecule has 0 aliphatic rings. The van der Waals surface area contributed by atoms with Crippen LogP contribution in [-0.2, 0) is 6.42 Å². The fourth-order valence-electron chi connectivity index (χ4n) is 0.911. The Bertz CT molecular complexity index is 310. The van der Waals surface area contributed by atoms with Crippen LogP contribution in [0.4, 0.5) is 0 Å². The van der Waals surface area contributed by atoms with E-state index >= 15 is 0 Å². The van der Waals surface area contributed by atoms with Crippen LogP contribution >= 0.6 is 0 Å². The quantitative estimate of drug-likeness (QED) is 0.713. The number of hydrogen-bond donors (Lipinski definition) is 1. The van der Waals surface area contributed by atoms with Gasteiger partial charge in [0.25, 0.3) is 0 Å². The third kappa shape index (κ3) is 1.78. The van der Waals surface area contributed by atoms with Gasteiger partial charge < -0.3 is 5.11 Å². The highest BCUT2D eigenvalue weighted by Gasteiger charge is 2.07. The highest BCUT2D eigenvalue weighted by atomic mass is 16.4. The van der Waals surface area contributed by atoms with Gasteiger partial charge in [-0.1, -0.05) is 6.92 Å². The van der Waals surface area contributed by atoms with E-state index in [9.17, 15) is 4.79 Å². The van der Waals surface area contributed by atoms with Crippen molar-refractivity contribution in [2.45, 2.75) is 20.3 Å². The van der Waals surface area contributed by atoms with Crippen LogP contribution in [-0.4, -0.2) is 21.0 Å². The molecule has 1 N–H and O–H groups in total.